The van der Waals surface area contributed by atoms with Crippen LogP contribution >= 0.6 is 15.9 Å². The molecule has 0 heterocycles. The number of alkyl halides is 1. The summed E-state index contributed by atoms with van der Waals surface area (Å²) in [6.45, 7) is 15.9. The molecular weight excluding hydrogens is 534 g/mol. The molecule has 0 amide bonds. The van der Waals surface area contributed by atoms with E-state index < -0.39 is 29.1 Å². The molecule has 1 aliphatic rings. The molecule has 0 fully saturated rings. The predicted octanol–water partition coefficient (Wildman–Crippen LogP) is 7.25. The van der Waals surface area contributed by atoms with Gasteiger partial charge in [0.25, 0.3) is 0 Å². The van der Waals surface area contributed by atoms with Crippen LogP contribution in [0.25, 0.3) is 0 Å². The van der Waals surface area contributed by atoms with Crippen molar-refractivity contribution in [3.05, 3.63) is 35.4 Å². The first kappa shape index (κ1) is 27.0. The van der Waals surface area contributed by atoms with Crippen molar-refractivity contribution in [3.63, 3.8) is 0 Å². The van der Waals surface area contributed by atoms with Crippen molar-refractivity contribution in [1.29, 1.82) is 0 Å². The van der Waals surface area contributed by atoms with Gasteiger partial charge in [-0.15, -0.1) is 0 Å². The van der Waals surface area contributed by atoms with Gasteiger partial charge in [-0.3, -0.25) is 0 Å². The number of carbonyl (C=O) groups is 1. The molecule has 1 aliphatic carbocycles. The molecule has 0 bridgehead atoms. The second kappa shape index (κ2) is 11.6. The van der Waals surface area contributed by atoms with Crippen molar-refractivity contribution in [2.24, 2.45) is 5.41 Å². The third-order valence-electron chi connectivity index (χ3n) is 7.72. The molecule has 0 aliphatic heterocycles. The molecule has 0 aromatic heterocycles. The molecule has 29 heavy (non-hydrogen) atoms. The number of aliphatic carboxylic acids is 1. The summed E-state index contributed by atoms with van der Waals surface area (Å²) in [6.07, 6.45) is 4.01. The number of carbonyl (C=O) groups excluding carboxylic acids is 1. The summed E-state index contributed by atoms with van der Waals surface area (Å²) in [5.74, 6) is -0.754. The molecule has 0 saturated heterocycles. The molecular formula is C25H42BrO2Sb. The van der Waals surface area contributed by atoms with Gasteiger partial charge in [0.15, 0.2) is 0 Å². The summed E-state index contributed by atoms with van der Waals surface area (Å²) in [5.41, 5.74) is 1.73. The fraction of sp³-hybridized carbons (Fsp3) is 0.720. The van der Waals surface area contributed by atoms with Crippen LogP contribution in [0.2, 0.25) is 17.5 Å². The second-order valence-electron chi connectivity index (χ2n) is 8.37. The molecule has 0 N–H and O–H groups in total. The topological polar surface area (TPSA) is 40.1 Å². The van der Waals surface area contributed by atoms with Crippen molar-refractivity contribution in [3.8, 4) is 0 Å². The summed E-state index contributed by atoms with van der Waals surface area (Å²) >= 11 is 2.24. The first-order valence-electron chi connectivity index (χ1n) is 11.6. The van der Waals surface area contributed by atoms with Crippen molar-refractivity contribution in [1.82, 2.24) is 0 Å². The Bertz CT molecular complexity index is 644. The summed E-state index contributed by atoms with van der Waals surface area (Å²) in [5, 5.41) is 11.9. The Labute approximate surface area is 192 Å². The number of hydrogen-bond donors (Lipinski definition) is 0. The summed E-state index contributed by atoms with van der Waals surface area (Å²) in [7, 11) is 0. The van der Waals surface area contributed by atoms with E-state index in [1.807, 2.05) is 18.2 Å². The van der Waals surface area contributed by atoms with E-state index in [2.05, 4.69) is 70.5 Å². The Hall–Kier alpha value is -0.0118. The maximum atomic E-state index is 11.9. The Morgan fingerprint density at radius 3 is 1.86 bits per heavy atom. The molecule has 1 aromatic rings. The minimum absolute atomic E-state index is 0.260. The van der Waals surface area contributed by atoms with Gasteiger partial charge in [-0.05, 0) is 36.3 Å². The van der Waals surface area contributed by atoms with E-state index in [1.54, 1.807) is 17.5 Å². The van der Waals surface area contributed by atoms with Gasteiger partial charge in [-0.1, -0.05) is 61.0 Å². The van der Waals surface area contributed by atoms with E-state index in [9.17, 15) is 9.90 Å². The van der Waals surface area contributed by atoms with Crippen LogP contribution in [0.5, 0.6) is 0 Å². The van der Waals surface area contributed by atoms with Crippen molar-refractivity contribution >= 4 is 40.7 Å². The number of hydrogen-bond acceptors (Lipinski definition) is 2. The normalized spacial score (nSPS) is 22.6. The molecule has 166 valence electrons. The van der Waals surface area contributed by atoms with Gasteiger partial charge in [0.05, 0.1) is 10.3 Å². The van der Waals surface area contributed by atoms with Crippen molar-refractivity contribution in [2.75, 3.05) is 0 Å². The van der Waals surface area contributed by atoms with Crippen LogP contribution in [-0.4, -0.2) is 24.8 Å². The number of fused-ring (bicyclic) bond motifs is 1. The predicted molar refractivity (Wildman–Crippen MR) is 130 cm³/mol. The number of rotatable bonds is 9. The van der Waals surface area contributed by atoms with Gasteiger partial charge in [0, 0.05) is 5.41 Å². The molecule has 2 rings (SSSR count). The Balaban J connectivity index is 0.000000359. The fourth-order valence-electron chi connectivity index (χ4n) is 5.69. The fourth-order valence-corrected chi connectivity index (χ4v) is 16.1. The second-order valence-corrected chi connectivity index (χ2v) is 23.9. The Kier molecular flexibility index (Phi) is 10.8. The Morgan fingerprint density at radius 2 is 1.52 bits per heavy atom. The first-order valence-corrected chi connectivity index (χ1v) is 19.6. The van der Waals surface area contributed by atoms with Gasteiger partial charge >= 0.3 is 70.4 Å². The summed E-state index contributed by atoms with van der Waals surface area (Å²) in [6, 6.07) is 7.89. The number of benzene rings is 1. The molecule has 0 spiro atoms. The van der Waals surface area contributed by atoms with Crippen LogP contribution in [0.3, 0.4) is 0 Å². The van der Waals surface area contributed by atoms with Gasteiger partial charge in [-0.25, -0.2) is 0 Å². The van der Waals surface area contributed by atoms with E-state index in [4.69, 9.17) is 0 Å². The molecule has 1 aromatic carbocycles. The zero-order chi connectivity index (χ0) is 22.3. The van der Waals surface area contributed by atoms with Crippen LogP contribution in [-0.2, 0) is 9.12 Å². The number of halogens is 1. The van der Waals surface area contributed by atoms with Gasteiger partial charge < -0.3 is 9.90 Å². The molecule has 2 atom stereocenters. The SMILES string of the molecule is CCC1c2ccccc2C(Br)(C(=O)[O-])C1(CC)CC.CC[CH2][Sb+]([CH2]C)([CH2]C)[CH2]C. The van der Waals surface area contributed by atoms with Crippen LogP contribution < -0.4 is 5.11 Å². The van der Waals surface area contributed by atoms with Crippen molar-refractivity contribution in [2.45, 2.75) is 102 Å². The zero-order valence-electron chi connectivity index (χ0n) is 19.7. The van der Waals surface area contributed by atoms with Crippen LogP contribution in [0.4, 0.5) is 0 Å². The van der Waals surface area contributed by atoms with E-state index in [1.165, 1.54) is 6.42 Å². The molecule has 0 radical (unpaired) electrons. The quantitative estimate of drug-likeness (QED) is 0.230. The summed E-state index contributed by atoms with van der Waals surface area (Å²) in [4.78, 5) is 11.9. The van der Waals surface area contributed by atoms with E-state index in [-0.39, 0.29) is 11.3 Å². The summed E-state index contributed by atoms with van der Waals surface area (Å²) < 4.78 is 5.21. The van der Waals surface area contributed by atoms with Gasteiger partial charge in [0.1, 0.15) is 0 Å². The average molecular weight is 576 g/mol. The maximum absolute atomic E-state index is 11.9. The van der Waals surface area contributed by atoms with E-state index in [0.717, 1.165) is 30.4 Å². The number of carboxylic acids is 1. The Morgan fingerprint density at radius 1 is 1.00 bits per heavy atom. The van der Waals surface area contributed by atoms with Crippen LogP contribution in [0.1, 0.15) is 91.2 Å². The van der Waals surface area contributed by atoms with Gasteiger partial charge in [0.2, 0.25) is 0 Å². The minimum atomic E-state index is -1.33. The zero-order valence-corrected chi connectivity index (χ0v) is 23.8. The standard InChI is InChI=1S/C16H21BrO2.C3H7.3C2H5.Sb/c1-4-12-11-9-7-8-10-13(11)16(17,14(18)19)15(12,5-2)6-3;1-3-2;3*1-2;/h7-10,12H,4-6H2,1-3H3,(H,18,19);1,3H2,2H3;3*1H2,2H3;/q;;;;;+1/p-1. The molecule has 2 unspecified atom stereocenters. The van der Waals surface area contributed by atoms with Crippen LogP contribution in [0, 0.1) is 5.41 Å². The third kappa shape index (κ3) is 4.76. The van der Waals surface area contributed by atoms with E-state index >= 15 is 0 Å². The van der Waals surface area contributed by atoms with Crippen LogP contribution in [0.15, 0.2) is 24.3 Å². The first-order chi connectivity index (χ1) is 13.7. The number of carboxylic acid groups (broad SMARTS) is 1. The average Bonchev–Trinajstić information content (AvgIpc) is 2.98. The molecule has 0 saturated carbocycles. The monoisotopic (exact) mass is 574 g/mol. The molecule has 4 heteroatoms. The third-order valence-corrected chi connectivity index (χ3v) is 24.7. The van der Waals surface area contributed by atoms with Crippen molar-refractivity contribution < 1.29 is 9.90 Å². The van der Waals surface area contributed by atoms with Gasteiger partial charge in [-0.2, -0.15) is 0 Å². The molecule has 2 nitrogen and oxygen atoms in total. The van der Waals surface area contributed by atoms with E-state index in [0.29, 0.717) is 0 Å².